The van der Waals surface area contributed by atoms with Gasteiger partial charge in [0, 0.05) is 12.8 Å². The largest absolute Gasteiger partial charge is 0.508 e. The SMILES string of the molecule is C=C=O.C=O.CC.Cc1ccc(C[C@H]2c3cc(O)cc(C)c3CC2C)cc1.FC1(F)CCCCC1. The van der Waals surface area contributed by atoms with E-state index in [1.807, 2.05) is 32.8 Å². The molecule has 3 nitrogen and oxygen atoms in total. The summed E-state index contributed by atoms with van der Waals surface area (Å²) in [5, 5.41) is 9.88. The maximum absolute atomic E-state index is 12.2. The summed E-state index contributed by atoms with van der Waals surface area (Å²) in [7, 11) is 0. The van der Waals surface area contributed by atoms with Crippen LogP contribution in [0, 0.1) is 19.8 Å². The number of carbonyl (C=O) groups excluding carboxylic acids is 2. The minimum Gasteiger partial charge on any atom is -0.508 e. The van der Waals surface area contributed by atoms with Gasteiger partial charge < -0.3 is 9.90 Å². The number of aromatic hydroxyl groups is 1. The number of fused-ring (bicyclic) bond motifs is 1. The Balaban J connectivity index is 0.000000641. The molecule has 0 heterocycles. The average molecular weight is 489 g/mol. The number of hydrogen-bond donors (Lipinski definition) is 1. The Morgan fingerprint density at radius 1 is 1.03 bits per heavy atom. The zero-order valence-corrected chi connectivity index (χ0v) is 22.0. The van der Waals surface area contributed by atoms with Crippen LogP contribution in [0.4, 0.5) is 8.78 Å². The fourth-order valence-corrected chi connectivity index (χ4v) is 4.56. The molecule has 5 heteroatoms. The molecule has 2 aromatic rings. The van der Waals surface area contributed by atoms with Crippen LogP contribution in [0.25, 0.3) is 0 Å². The third-order valence-electron chi connectivity index (χ3n) is 6.27. The maximum Gasteiger partial charge on any atom is 0.248 e. The minimum absolute atomic E-state index is 0.118. The fourth-order valence-electron chi connectivity index (χ4n) is 4.56. The van der Waals surface area contributed by atoms with Crippen LogP contribution in [-0.4, -0.2) is 23.8 Å². The molecule has 35 heavy (non-hydrogen) atoms. The highest BCUT2D eigenvalue weighted by atomic mass is 19.3. The van der Waals surface area contributed by atoms with Gasteiger partial charge in [0.1, 0.15) is 18.5 Å². The van der Waals surface area contributed by atoms with Crippen molar-refractivity contribution in [1.82, 2.24) is 0 Å². The molecule has 0 aliphatic heterocycles. The summed E-state index contributed by atoms with van der Waals surface area (Å²) in [4.78, 5) is 16.6. The summed E-state index contributed by atoms with van der Waals surface area (Å²) in [5.41, 5.74) is 6.74. The van der Waals surface area contributed by atoms with Crippen molar-refractivity contribution in [1.29, 1.82) is 0 Å². The molecular weight excluding hydrogens is 446 g/mol. The zero-order chi connectivity index (χ0) is 27.0. The zero-order valence-electron chi connectivity index (χ0n) is 22.0. The van der Waals surface area contributed by atoms with Crippen LogP contribution in [0.1, 0.15) is 86.6 Å². The van der Waals surface area contributed by atoms with Gasteiger partial charge in [0.2, 0.25) is 5.92 Å². The van der Waals surface area contributed by atoms with Crippen LogP contribution in [0.3, 0.4) is 0 Å². The highest BCUT2D eigenvalue weighted by Crippen LogP contribution is 2.42. The Kier molecular flexibility index (Phi) is 15.4. The lowest BCUT2D eigenvalue weighted by molar-refractivity contribution is -0.0980. The van der Waals surface area contributed by atoms with E-state index in [9.17, 15) is 13.9 Å². The van der Waals surface area contributed by atoms with Gasteiger partial charge in [0.25, 0.3) is 0 Å². The van der Waals surface area contributed by atoms with Crippen LogP contribution < -0.4 is 0 Å². The Hall–Kier alpha value is -2.78. The first-order valence-electron chi connectivity index (χ1n) is 12.4. The second kappa shape index (κ2) is 16.8. The summed E-state index contributed by atoms with van der Waals surface area (Å²) in [5.74, 6) is 0.507. The van der Waals surface area contributed by atoms with Crippen molar-refractivity contribution < 1.29 is 23.5 Å². The lowest BCUT2D eigenvalue weighted by Crippen LogP contribution is -2.18. The van der Waals surface area contributed by atoms with Gasteiger partial charge in [-0.2, -0.15) is 0 Å². The molecule has 0 amide bonds. The summed E-state index contributed by atoms with van der Waals surface area (Å²) in [6.45, 7) is 15.2. The van der Waals surface area contributed by atoms with Gasteiger partial charge in [-0.1, -0.05) is 57.0 Å². The van der Waals surface area contributed by atoms with Crippen LogP contribution in [-0.2, 0) is 22.4 Å². The number of alkyl halides is 2. The normalized spacial score (nSPS) is 18.8. The number of hydrogen-bond acceptors (Lipinski definition) is 3. The van der Waals surface area contributed by atoms with Crippen LogP contribution in [0.2, 0.25) is 0 Å². The highest BCUT2D eigenvalue weighted by molar-refractivity contribution is 5.47. The molecule has 4 rings (SSSR count). The van der Waals surface area contributed by atoms with E-state index in [0.29, 0.717) is 30.4 Å². The maximum atomic E-state index is 12.2. The predicted octanol–water partition coefficient (Wildman–Crippen LogP) is 7.96. The van der Waals surface area contributed by atoms with Crippen molar-refractivity contribution in [3.63, 3.8) is 0 Å². The molecule has 0 aromatic heterocycles. The van der Waals surface area contributed by atoms with Gasteiger partial charge in [0.15, 0.2) is 0 Å². The monoisotopic (exact) mass is 488 g/mol. The lowest BCUT2D eigenvalue weighted by Gasteiger charge is -2.20. The van der Waals surface area contributed by atoms with Crippen LogP contribution in [0.15, 0.2) is 43.0 Å². The van der Waals surface area contributed by atoms with Gasteiger partial charge in [-0.25, -0.2) is 13.6 Å². The smallest absolute Gasteiger partial charge is 0.248 e. The van der Waals surface area contributed by atoms with Gasteiger partial charge in [-0.3, -0.25) is 0 Å². The van der Waals surface area contributed by atoms with Crippen molar-refractivity contribution in [3.05, 3.63) is 70.8 Å². The van der Waals surface area contributed by atoms with Gasteiger partial charge >= 0.3 is 0 Å². The second-order valence-corrected chi connectivity index (χ2v) is 8.87. The van der Waals surface area contributed by atoms with E-state index < -0.39 is 5.92 Å². The number of phenolic OH excluding ortho intramolecular Hbond substituents is 1. The second-order valence-electron chi connectivity index (χ2n) is 8.87. The summed E-state index contributed by atoms with van der Waals surface area (Å²) < 4.78 is 24.4. The van der Waals surface area contributed by atoms with E-state index in [1.54, 1.807) is 0 Å². The molecule has 1 unspecified atom stereocenters. The highest BCUT2D eigenvalue weighted by Gasteiger charge is 2.31. The molecule has 2 atom stereocenters. The minimum atomic E-state index is -2.32. The standard InChI is InChI=1S/C19H22O.C6H10F2.C2H2O.C2H6.CH2O/c1-12-4-6-15(7-5-12)10-18-14(3)9-17-13(2)8-16(20)11-19(17)18;7-6(8)4-2-1-3-5-6;1-2-3;2*1-2/h4-8,11,14,18,20H,9-10H2,1-3H3;1-5H2;1H2;1-2H3;1H2/t14?,18-;;;;/m1..../s1. The summed E-state index contributed by atoms with van der Waals surface area (Å²) in [6.07, 6.45) is 4.87. The average Bonchev–Trinajstić information content (AvgIpc) is 3.14. The molecule has 0 radical (unpaired) electrons. The van der Waals surface area contributed by atoms with Gasteiger partial charge in [-0.05, 0) is 92.3 Å². The molecule has 2 aliphatic rings. The molecule has 1 N–H and O–H groups in total. The first-order valence-corrected chi connectivity index (χ1v) is 12.4. The Bertz CT molecular complexity index is 893. The van der Waals surface area contributed by atoms with E-state index in [0.717, 1.165) is 19.3 Å². The molecule has 1 saturated carbocycles. The number of carbonyl (C=O) groups is 1. The number of phenols is 1. The Labute approximate surface area is 210 Å². The fraction of sp³-hybridized carbons (Fsp3) is 0.500. The van der Waals surface area contributed by atoms with Crippen molar-refractivity contribution >= 4 is 12.7 Å². The van der Waals surface area contributed by atoms with Crippen LogP contribution in [0.5, 0.6) is 5.75 Å². The van der Waals surface area contributed by atoms with Crippen molar-refractivity contribution in [2.45, 2.75) is 91.4 Å². The molecule has 1 fully saturated rings. The number of aryl methyl sites for hydroxylation is 2. The van der Waals surface area contributed by atoms with Crippen molar-refractivity contribution in [3.8, 4) is 5.75 Å². The Morgan fingerprint density at radius 3 is 2.00 bits per heavy atom. The molecule has 0 spiro atoms. The predicted molar refractivity (Wildman–Crippen MR) is 141 cm³/mol. The number of benzene rings is 2. The van der Waals surface area contributed by atoms with E-state index in [4.69, 9.17) is 9.59 Å². The lowest BCUT2D eigenvalue weighted by atomic mass is 9.87. The molecule has 2 aliphatic carbocycles. The molecule has 0 saturated heterocycles. The van der Waals surface area contributed by atoms with E-state index in [2.05, 4.69) is 51.6 Å². The molecule has 0 bridgehead atoms. The third kappa shape index (κ3) is 11.0. The van der Waals surface area contributed by atoms with E-state index >= 15 is 0 Å². The topological polar surface area (TPSA) is 54.4 Å². The first-order chi connectivity index (χ1) is 16.7. The quantitative estimate of drug-likeness (QED) is 0.436. The van der Waals surface area contributed by atoms with E-state index in [-0.39, 0.29) is 12.8 Å². The van der Waals surface area contributed by atoms with Crippen molar-refractivity contribution in [2.75, 3.05) is 0 Å². The number of halogens is 2. The Morgan fingerprint density at radius 2 is 1.54 bits per heavy atom. The summed E-state index contributed by atoms with van der Waals surface area (Å²) in [6, 6.07) is 12.7. The van der Waals surface area contributed by atoms with Gasteiger partial charge in [0.05, 0.1) is 0 Å². The number of rotatable bonds is 2. The molecular formula is C30H42F2O3. The van der Waals surface area contributed by atoms with Crippen molar-refractivity contribution in [2.24, 2.45) is 5.92 Å². The van der Waals surface area contributed by atoms with E-state index in [1.165, 1.54) is 33.8 Å². The van der Waals surface area contributed by atoms with Crippen LogP contribution >= 0.6 is 0 Å². The first kappa shape index (κ1) is 32.2. The molecule has 194 valence electrons. The molecule has 2 aromatic carbocycles. The third-order valence-corrected chi connectivity index (χ3v) is 6.27. The van der Waals surface area contributed by atoms with Gasteiger partial charge in [-0.15, -0.1) is 0 Å². The summed E-state index contributed by atoms with van der Waals surface area (Å²) >= 11 is 0.